The van der Waals surface area contributed by atoms with E-state index in [1.54, 1.807) is 12.1 Å². The summed E-state index contributed by atoms with van der Waals surface area (Å²) in [5.41, 5.74) is 2.77. The number of aliphatic imine (C=N–C) groups is 1. The molecule has 1 aliphatic rings. The van der Waals surface area contributed by atoms with E-state index in [1.165, 1.54) is 5.56 Å². The summed E-state index contributed by atoms with van der Waals surface area (Å²) in [7, 11) is 0. The molecule has 1 heterocycles. The molecule has 0 aromatic heterocycles. The van der Waals surface area contributed by atoms with Gasteiger partial charge in [-0.2, -0.15) is 5.26 Å². The van der Waals surface area contributed by atoms with Crippen LogP contribution >= 0.6 is 0 Å². The third-order valence-corrected chi connectivity index (χ3v) is 3.84. The van der Waals surface area contributed by atoms with Crippen LogP contribution in [0.1, 0.15) is 11.1 Å². The third kappa shape index (κ3) is 4.18. The highest BCUT2D eigenvalue weighted by Crippen LogP contribution is 2.16. The lowest BCUT2D eigenvalue weighted by atomic mass is 10.1. The molecule has 1 fully saturated rings. The Kier molecular flexibility index (Phi) is 5.02. The third-order valence-electron chi connectivity index (χ3n) is 3.84. The van der Waals surface area contributed by atoms with Crippen molar-refractivity contribution >= 4 is 11.5 Å². The van der Waals surface area contributed by atoms with Crippen LogP contribution in [0.4, 0.5) is 5.69 Å². The van der Waals surface area contributed by atoms with Crippen molar-refractivity contribution in [1.82, 2.24) is 4.90 Å². The van der Waals surface area contributed by atoms with Crippen molar-refractivity contribution in [2.75, 3.05) is 26.3 Å². The molecule has 0 amide bonds. The van der Waals surface area contributed by atoms with E-state index < -0.39 is 0 Å². The molecule has 0 N–H and O–H groups in total. The second-order valence-corrected chi connectivity index (χ2v) is 5.45. The van der Waals surface area contributed by atoms with E-state index in [9.17, 15) is 0 Å². The first-order valence-corrected chi connectivity index (χ1v) is 7.79. The van der Waals surface area contributed by atoms with Gasteiger partial charge in [-0.1, -0.05) is 30.3 Å². The Morgan fingerprint density at radius 1 is 1.04 bits per heavy atom. The van der Waals surface area contributed by atoms with Gasteiger partial charge in [-0.05, 0) is 29.8 Å². The van der Waals surface area contributed by atoms with Gasteiger partial charge in [0.1, 0.15) is 5.84 Å². The van der Waals surface area contributed by atoms with E-state index >= 15 is 0 Å². The Bertz CT molecular complexity index is 696. The minimum absolute atomic E-state index is 0.653. The fourth-order valence-electron chi connectivity index (χ4n) is 2.58. The lowest BCUT2D eigenvalue weighted by Crippen LogP contribution is -2.41. The summed E-state index contributed by atoms with van der Waals surface area (Å²) in [6.45, 7) is 3.20. The summed E-state index contributed by atoms with van der Waals surface area (Å²) < 4.78 is 5.45. The van der Waals surface area contributed by atoms with Crippen LogP contribution < -0.4 is 0 Å². The van der Waals surface area contributed by atoms with Crippen molar-refractivity contribution in [2.45, 2.75) is 6.42 Å². The van der Waals surface area contributed by atoms with Crippen LogP contribution in [0.5, 0.6) is 0 Å². The number of morpholine rings is 1. The van der Waals surface area contributed by atoms with E-state index in [0.29, 0.717) is 5.56 Å². The summed E-state index contributed by atoms with van der Waals surface area (Å²) in [6.07, 6.45) is 0.793. The molecule has 0 atom stereocenters. The number of rotatable bonds is 3. The van der Waals surface area contributed by atoms with Gasteiger partial charge < -0.3 is 9.64 Å². The van der Waals surface area contributed by atoms with Crippen LogP contribution in [0, 0.1) is 11.3 Å². The zero-order chi connectivity index (χ0) is 15.9. The predicted molar refractivity (Wildman–Crippen MR) is 90.8 cm³/mol. The second-order valence-electron chi connectivity index (χ2n) is 5.45. The van der Waals surface area contributed by atoms with Crippen molar-refractivity contribution in [3.05, 3.63) is 65.7 Å². The standard InChI is InChI=1S/C19H19N3O/c20-15-17-6-8-18(9-7-17)21-19(22-10-12-23-13-11-22)14-16-4-2-1-3-5-16/h1-9H,10-14H2. The maximum atomic E-state index is 8.90. The van der Waals surface area contributed by atoms with Gasteiger partial charge in [-0.25, -0.2) is 4.99 Å². The Labute approximate surface area is 136 Å². The first-order valence-electron chi connectivity index (χ1n) is 7.79. The van der Waals surface area contributed by atoms with Crippen molar-refractivity contribution in [3.63, 3.8) is 0 Å². The molecule has 23 heavy (non-hydrogen) atoms. The van der Waals surface area contributed by atoms with E-state index in [-0.39, 0.29) is 0 Å². The van der Waals surface area contributed by atoms with Crippen LogP contribution in [-0.4, -0.2) is 37.0 Å². The van der Waals surface area contributed by atoms with Gasteiger partial charge in [-0.15, -0.1) is 0 Å². The number of nitriles is 1. The monoisotopic (exact) mass is 305 g/mol. The maximum Gasteiger partial charge on any atom is 0.109 e. The number of hydrogen-bond donors (Lipinski definition) is 0. The number of hydrogen-bond acceptors (Lipinski definition) is 3. The van der Waals surface area contributed by atoms with Gasteiger partial charge >= 0.3 is 0 Å². The topological polar surface area (TPSA) is 48.6 Å². The van der Waals surface area contributed by atoms with Gasteiger partial charge in [0.05, 0.1) is 30.5 Å². The fourth-order valence-corrected chi connectivity index (χ4v) is 2.58. The van der Waals surface area contributed by atoms with E-state index in [2.05, 4.69) is 23.1 Å². The minimum Gasteiger partial charge on any atom is -0.378 e. The van der Waals surface area contributed by atoms with Crippen LogP contribution in [0.3, 0.4) is 0 Å². The van der Waals surface area contributed by atoms with Crippen LogP contribution in [0.25, 0.3) is 0 Å². The molecular formula is C19H19N3O. The SMILES string of the molecule is N#Cc1ccc(N=C(Cc2ccccc2)N2CCOCC2)cc1. The second kappa shape index (κ2) is 7.57. The summed E-state index contributed by atoms with van der Waals surface area (Å²) in [6, 6.07) is 19.9. The molecule has 4 nitrogen and oxygen atoms in total. The molecule has 2 aromatic carbocycles. The first-order chi connectivity index (χ1) is 11.3. The maximum absolute atomic E-state index is 8.90. The van der Waals surface area contributed by atoms with Crippen LogP contribution in [-0.2, 0) is 11.2 Å². The van der Waals surface area contributed by atoms with Gasteiger partial charge in [0.15, 0.2) is 0 Å². The van der Waals surface area contributed by atoms with Gasteiger partial charge in [-0.3, -0.25) is 0 Å². The summed E-state index contributed by atoms with van der Waals surface area (Å²) >= 11 is 0. The zero-order valence-corrected chi connectivity index (χ0v) is 13.0. The number of ether oxygens (including phenoxy) is 1. The lowest BCUT2D eigenvalue weighted by molar-refractivity contribution is 0.0674. The van der Waals surface area contributed by atoms with Crippen molar-refractivity contribution in [3.8, 4) is 6.07 Å². The average molecular weight is 305 g/mol. The van der Waals surface area contributed by atoms with Crippen LogP contribution in [0.15, 0.2) is 59.6 Å². The fraction of sp³-hybridized carbons (Fsp3) is 0.263. The molecule has 0 aliphatic carbocycles. The molecular weight excluding hydrogens is 286 g/mol. The van der Waals surface area contributed by atoms with Gasteiger partial charge in [0.2, 0.25) is 0 Å². The molecule has 116 valence electrons. The van der Waals surface area contributed by atoms with Crippen molar-refractivity contribution < 1.29 is 4.74 Å². The highest BCUT2D eigenvalue weighted by Gasteiger charge is 2.15. The summed E-state index contributed by atoms with van der Waals surface area (Å²) in [4.78, 5) is 7.12. The first kappa shape index (κ1) is 15.3. The molecule has 1 aliphatic heterocycles. The molecule has 2 aromatic rings. The van der Waals surface area contributed by atoms with Gasteiger partial charge in [0.25, 0.3) is 0 Å². The summed E-state index contributed by atoms with van der Waals surface area (Å²) in [5.74, 6) is 1.05. The molecule has 0 saturated carbocycles. The smallest absolute Gasteiger partial charge is 0.109 e. The van der Waals surface area contributed by atoms with E-state index in [1.807, 2.05) is 30.3 Å². The molecule has 1 saturated heterocycles. The number of nitrogens with zero attached hydrogens (tertiary/aromatic N) is 3. The van der Waals surface area contributed by atoms with Crippen molar-refractivity contribution in [1.29, 1.82) is 5.26 Å². The molecule has 0 bridgehead atoms. The molecule has 4 heteroatoms. The highest BCUT2D eigenvalue weighted by molar-refractivity contribution is 5.87. The number of benzene rings is 2. The molecule has 0 spiro atoms. The Morgan fingerprint density at radius 2 is 1.74 bits per heavy atom. The average Bonchev–Trinajstić information content (AvgIpc) is 2.63. The minimum atomic E-state index is 0.653. The predicted octanol–water partition coefficient (Wildman–Crippen LogP) is 3.16. The Morgan fingerprint density at radius 3 is 2.39 bits per heavy atom. The summed E-state index contributed by atoms with van der Waals surface area (Å²) in [5, 5.41) is 8.90. The molecule has 3 rings (SSSR count). The normalized spacial score (nSPS) is 15.3. The lowest BCUT2D eigenvalue weighted by Gasteiger charge is -2.30. The Hall–Kier alpha value is -2.64. The van der Waals surface area contributed by atoms with E-state index in [0.717, 1.165) is 44.2 Å². The Balaban J connectivity index is 1.86. The quantitative estimate of drug-likeness (QED) is 0.646. The molecule has 0 unspecified atom stereocenters. The van der Waals surface area contributed by atoms with Crippen molar-refractivity contribution in [2.24, 2.45) is 4.99 Å². The highest BCUT2D eigenvalue weighted by atomic mass is 16.5. The van der Waals surface area contributed by atoms with E-state index in [4.69, 9.17) is 15.0 Å². The van der Waals surface area contributed by atoms with Crippen LogP contribution in [0.2, 0.25) is 0 Å². The number of amidine groups is 1. The largest absolute Gasteiger partial charge is 0.378 e. The zero-order valence-electron chi connectivity index (χ0n) is 13.0. The van der Waals surface area contributed by atoms with Gasteiger partial charge in [0, 0.05) is 19.5 Å². The molecule has 0 radical (unpaired) electrons.